The standard InChI is InChI=1S/C19H23FN4O2S/c1-12(13-5-3-2-4-6-13)23-24-19-22-18(26)16(27-19)11-17(25)21-15-9-7-14(20)8-10-15/h7-10,13,16H,2-6,11H2,1H3,(H,21,25)(H,22,24,26)/b23-12-/t16-/m1/s1. The van der Waals surface area contributed by atoms with Crippen LogP contribution in [0.5, 0.6) is 0 Å². The molecule has 1 atom stereocenters. The Morgan fingerprint density at radius 2 is 1.96 bits per heavy atom. The summed E-state index contributed by atoms with van der Waals surface area (Å²) in [7, 11) is 0. The molecule has 1 aliphatic heterocycles. The number of carbonyl (C=O) groups is 2. The number of hydrogen-bond donors (Lipinski definition) is 2. The van der Waals surface area contributed by atoms with Gasteiger partial charge in [0.15, 0.2) is 5.17 Å². The van der Waals surface area contributed by atoms with Gasteiger partial charge in [-0.2, -0.15) is 5.10 Å². The molecule has 0 radical (unpaired) electrons. The van der Waals surface area contributed by atoms with E-state index in [0.29, 0.717) is 16.8 Å². The number of nitrogens with zero attached hydrogens (tertiary/aromatic N) is 2. The second-order valence-corrected chi connectivity index (χ2v) is 8.03. The second kappa shape index (κ2) is 9.12. The van der Waals surface area contributed by atoms with E-state index in [1.165, 1.54) is 55.3 Å². The molecule has 2 amide bonds. The lowest BCUT2D eigenvalue weighted by Gasteiger charge is -2.20. The molecule has 2 fully saturated rings. The zero-order chi connectivity index (χ0) is 19.2. The maximum Gasteiger partial charge on any atom is 0.240 e. The van der Waals surface area contributed by atoms with Crippen LogP contribution in [0.15, 0.2) is 34.5 Å². The van der Waals surface area contributed by atoms with Gasteiger partial charge in [0.2, 0.25) is 11.8 Å². The zero-order valence-corrected chi connectivity index (χ0v) is 16.0. The van der Waals surface area contributed by atoms with Crippen molar-refractivity contribution in [3.05, 3.63) is 30.1 Å². The number of halogens is 1. The lowest BCUT2D eigenvalue weighted by atomic mass is 9.86. The number of benzene rings is 1. The molecular formula is C19H23FN4O2S. The van der Waals surface area contributed by atoms with Crippen molar-refractivity contribution in [2.75, 3.05) is 5.32 Å². The number of anilines is 1. The monoisotopic (exact) mass is 390 g/mol. The van der Waals surface area contributed by atoms with Crippen molar-refractivity contribution in [1.82, 2.24) is 5.32 Å². The summed E-state index contributed by atoms with van der Waals surface area (Å²) in [6.45, 7) is 1.98. The van der Waals surface area contributed by atoms with Crippen molar-refractivity contribution in [3.63, 3.8) is 0 Å². The van der Waals surface area contributed by atoms with E-state index in [-0.39, 0.29) is 24.1 Å². The molecule has 3 rings (SSSR count). The molecule has 0 aromatic heterocycles. The second-order valence-electron chi connectivity index (χ2n) is 6.84. The summed E-state index contributed by atoms with van der Waals surface area (Å²) in [5, 5.41) is 13.7. The molecular weight excluding hydrogens is 367 g/mol. The Bertz CT molecular complexity index is 757. The van der Waals surface area contributed by atoms with Gasteiger partial charge in [0.1, 0.15) is 11.1 Å². The number of amidine groups is 1. The first kappa shape index (κ1) is 19.5. The van der Waals surface area contributed by atoms with Crippen molar-refractivity contribution >= 4 is 40.1 Å². The van der Waals surface area contributed by atoms with Crippen LogP contribution < -0.4 is 10.6 Å². The van der Waals surface area contributed by atoms with E-state index in [2.05, 4.69) is 20.8 Å². The average molecular weight is 390 g/mol. The molecule has 1 aromatic carbocycles. The molecule has 1 aliphatic carbocycles. The van der Waals surface area contributed by atoms with E-state index in [4.69, 9.17) is 0 Å². The highest BCUT2D eigenvalue weighted by atomic mass is 32.2. The van der Waals surface area contributed by atoms with Gasteiger partial charge in [0, 0.05) is 17.8 Å². The van der Waals surface area contributed by atoms with Crippen molar-refractivity contribution in [3.8, 4) is 0 Å². The Morgan fingerprint density at radius 1 is 1.26 bits per heavy atom. The summed E-state index contributed by atoms with van der Waals surface area (Å²) >= 11 is 1.21. The molecule has 144 valence electrons. The smallest absolute Gasteiger partial charge is 0.240 e. The van der Waals surface area contributed by atoms with Crippen LogP contribution in [0.2, 0.25) is 0 Å². The van der Waals surface area contributed by atoms with Crippen LogP contribution in [-0.4, -0.2) is 27.9 Å². The van der Waals surface area contributed by atoms with Crippen molar-refractivity contribution < 1.29 is 14.0 Å². The Balaban J connectivity index is 1.53. The first-order valence-electron chi connectivity index (χ1n) is 9.16. The largest absolute Gasteiger partial charge is 0.326 e. The third kappa shape index (κ3) is 5.63. The third-order valence-corrected chi connectivity index (χ3v) is 5.84. The van der Waals surface area contributed by atoms with Gasteiger partial charge in [0.25, 0.3) is 0 Å². The van der Waals surface area contributed by atoms with Gasteiger partial charge < -0.3 is 10.6 Å². The minimum Gasteiger partial charge on any atom is -0.326 e. The Labute approximate surface area is 162 Å². The first-order valence-corrected chi connectivity index (χ1v) is 10.0. The number of hydrogen-bond acceptors (Lipinski definition) is 5. The maximum atomic E-state index is 12.9. The number of amides is 2. The summed E-state index contributed by atoms with van der Waals surface area (Å²) in [5.74, 6) is -0.456. The van der Waals surface area contributed by atoms with E-state index in [1.807, 2.05) is 6.92 Å². The molecule has 0 unspecified atom stereocenters. The SMILES string of the molecule is C/C(=N/N=C1\NC(=O)[C@@H](CC(=O)Nc2ccc(F)cc2)S1)C1CCCCC1. The van der Waals surface area contributed by atoms with E-state index in [0.717, 1.165) is 18.6 Å². The van der Waals surface area contributed by atoms with Crippen LogP contribution in [0.25, 0.3) is 0 Å². The van der Waals surface area contributed by atoms with Crippen molar-refractivity contribution in [2.24, 2.45) is 16.1 Å². The fraction of sp³-hybridized carbons (Fsp3) is 0.474. The minimum atomic E-state index is -0.547. The highest BCUT2D eigenvalue weighted by molar-refractivity contribution is 8.15. The average Bonchev–Trinajstić information content (AvgIpc) is 3.01. The van der Waals surface area contributed by atoms with E-state index >= 15 is 0 Å². The number of thioether (sulfide) groups is 1. The Morgan fingerprint density at radius 3 is 2.67 bits per heavy atom. The fourth-order valence-corrected chi connectivity index (χ4v) is 4.14. The summed E-state index contributed by atoms with van der Waals surface area (Å²) < 4.78 is 12.9. The van der Waals surface area contributed by atoms with E-state index in [1.54, 1.807) is 0 Å². The Hall–Kier alpha value is -2.22. The van der Waals surface area contributed by atoms with Gasteiger partial charge >= 0.3 is 0 Å². The molecule has 6 nitrogen and oxygen atoms in total. The minimum absolute atomic E-state index is 0.0121. The molecule has 2 N–H and O–H groups in total. The molecule has 0 bridgehead atoms. The highest BCUT2D eigenvalue weighted by Crippen LogP contribution is 2.26. The highest BCUT2D eigenvalue weighted by Gasteiger charge is 2.32. The van der Waals surface area contributed by atoms with Crippen LogP contribution in [0.1, 0.15) is 45.4 Å². The normalized spacial score (nSPS) is 22.7. The molecule has 0 spiro atoms. The first-order chi connectivity index (χ1) is 13.0. The van der Waals surface area contributed by atoms with Gasteiger partial charge in [-0.1, -0.05) is 31.0 Å². The number of rotatable bonds is 5. The lowest BCUT2D eigenvalue weighted by Crippen LogP contribution is -2.28. The summed E-state index contributed by atoms with van der Waals surface area (Å²) in [5.41, 5.74) is 1.49. The predicted octanol–water partition coefficient (Wildman–Crippen LogP) is 3.70. The van der Waals surface area contributed by atoms with Crippen LogP contribution in [0, 0.1) is 11.7 Å². The van der Waals surface area contributed by atoms with Crippen LogP contribution in [0.3, 0.4) is 0 Å². The molecule has 2 aliphatic rings. The number of carbonyl (C=O) groups excluding carboxylic acids is 2. The maximum absolute atomic E-state index is 12.9. The molecule has 1 heterocycles. The number of nitrogens with one attached hydrogen (secondary N) is 2. The van der Waals surface area contributed by atoms with Crippen molar-refractivity contribution in [2.45, 2.75) is 50.7 Å². The molecule has 1 saturated heterocycles. The lowest BCUT2D eigenvalue weighted by molar-refractivity contribution is -0.122. The molecule has 27 heavy (non-hydrogen) atoms. The van der Waals surface area contributed by atoms with Gasteiger partial charge in [0.05, 0.1) is 0 Å². The molecule has 1 aromatic rings. The summed E-state index contributed by atoms with van der Waals surface area (Å²) in [6, 6.07) is 5.49. The zero-order valence-electron chi connectivity index (χ0n) is 15.2. The van der Waals surface area contributed by atoms with Gasteiger partial charge in [-0.3, -0.25) is 9.59 Å². The van der Waals surface area contributed by atoms with E-state index < -0.39 is 5.25 Å². The van der Waals surface area contributed by atoms with Gasteiger partial charge in [-0.25, -0.2) is 4.39 Å². The predicted molar refractivity (Wildman–Crippen MR) is 106 cm³/mol. The molecule has 1 saturated carbocycles. The van der Waals surface area contributed by atoms with Crippen molar-refractivity contribution in [1.29, 1.82) is 0 Å². The van der Waals surface area contributed by atoms with Gasteiger partial charge in [-0.05, 0) is 49.9 Å². The topological polar surface area (TPSA) is 82.9 Å². The summed E-state index contributed by atoms with van der Waals surface area (Å²) in [4.78, 5) is 24.2. The fourth-order valence-electron chi connectivity index (χ4n) is 3.23. The van der Waals surface area contributed by atoms with Gasteiger partial charge in [-0.15, -0.1) is 5.10 Å². The van der Waals surface area contributed by atoms with Crippen LogP contribution in [0.4, 0.5) is 10.1 Å². The third-order valence-electron chi connectivity index (χ3n) is 4.77. The molecule has 8 heteroatoms. The quantitative estimate of drug-likeness (QED) is 0.594. The van der Waals surface area contributed by atoms with E-state index in [9.17, 15) is 14.0 Å². The Kier molecular flexibility index (Phi) is 6.60. The van der Waals surface area contributed by atoms with Crippen LogP contribution in [-0.2, 0) is 9.59 Å². The summed E-state index contributed by atoms with van der Waals surface area (Å²) in [6.07, 6.45) is 6.04. The van der Waals surface area contributed by atoms with Crippen LogP contribution >= 0.6 is 11.8 Å².